The third-order valence-electron chi connectivity index (χ3n) is 5.91. The van der Waals surface area contributed by atoms with Crippen molar-refractivity contribution in [1.82, 2.24) is 9.88 Å². The van der Waals surface area contributed by atoms with Crippen LogP contribution in [0.1, 0.15) is 59.8 Å². The monoisotopic (exact) mass is 479 g/mol. The van der Waals surface area contributed by atoms with E-state index < -0.39 is 11.6 Å². The maximum absolute atomic E-state index is 13.6. The summed E-state index contributed by atoms with van der Waals surface area (Å²) in [7, 11) is 3.86. The molecule has 2 aromatic carbocycles. The lowest BCUT2D eigenvalue weighted by molar-refractivity contribution is 0.0951. The van der Waals surface area contributed by atoms with Gasteiger partial charge in [0.15, 0.2) is 11.6 Å². The third-order valence-corrected chi connectivity index (χ3v) is 5.91. The molecule has 0 fully saturated rings. The molecule has 4 nitrogen and oxygen atoms in total. The summed E-state index contributed by atoms with van der Waals surface area (Å²) in [5, 5.41) is 2.86. The van der Waals surface area contributed by atoms with Crippen LogP contribution in [0.3, 0.4) is 0 Å². The molecule has 1 aromatic heterocycles. The third kappa shape index (κ3) is 7.28. The van der Waals surface area contributed by atoms with Crippen molar-refractivity contribution < 1.29 is 13.6 Å². The Labute approximate surface area is 207 Å². The highest BCUT2D eigenvalue weighted by atomic mass is 19.2. The predicted molar refractivity (Wildman–Crippen MR) is 140 cm³/mol. The van der Waals surface area contributed by atoms with Gasteiger partial charge in [-0.2, -0.15) is 0 Å². The summed E-state index contributed by atoms with van der Waals surface area (Å²) in [5.41, 5.74) is 3.34. The molecule has 0 saturated carbocycles. The van der Waals surface area contributed by atoms with Crippen molar-refractivity contribution in [2.24, 2.45) is 0 Å². The quantitative estimate of drug-likeness (QED) is 0.297. The Morgan fingerprint density at radius 1 is 1.00 bits per heavy atom. The number of carbonyl (C=O) groups is 1. The van der Waals surface area contributed by atoms with E-state index in [9.17, 15) is 13.6 Å². The van der Waals surface area contributed by atoms with E-state index in [1.54, 1.807) is 0 Å². The van der Waals surface area contributed by atoms with E-state index >= 15 is 0 Å². The molecule has 3 aromatic rings. The van der Waals surface area contributed by atoms with Crippen LogP contribution in [0.5, 0.6) is 0 Å². The first-order valence-corrected chi connectivity index (χ1v) is 12.2. The molecule has 0 bridgehead atoms. The number of rotatable bonds is 12. The number of amides is 1. The number of nitrogens with zero attached hydrogens (tertiary/aromatic N) is 2. The van der Waals surface area contributed by atoms with Crippen molar-refractivity contribution >= 4 is 17.8 Å². The fourth-order valence-corrected chi connectivity index (χ4v) is 4.12. The number of aryl methyl sites for hydroxylation is 1. The van der Waals surface area contributed by atoms with Crippen LogP contribution < -0.4 is 10.2 Å². The molecule has 1 amide bonds. The van der Waals surface area contributed by atoms with E-state index in [1.807, 2.05) is 43.3 Å². The van der Waals surface area contributed by atoms with Crippen LogP contribution in [0, 0.1) is 11.6 Å². The largest absolute Gasteiger partial charge is 0.363 e. The number of carbonyl (C=O) groups excluding carboxylic acids is 1. The zero-order chi connectivity index (χ0) is 25.2. The van der Waals surface area contributed by atoms with Crippen LogP contribution in [0.2, 0.25) is 0 Å². The summed E-state index contributed by atoms with van der Waals surface area (Å²) in [6.07, 6.45) is 9.37. The van der Waals surface area contributed by atoms with Crippen molar-refractivity contribution in [1.29, 1.82) is 0 Å². The Bertz CT molecular complexity index is 1140. The molecular weight excluding hydrogens is 444 g/mol. The van der Waals surface area contributed by atoms with Gasteiger partial charge in [0.2, 0.25) is 0 Å². The average molecular weight is 480 g/mol. The van der Waals surface area contributed by atoms with Crippen molar-refractivity contribution in [2.75, 3.05) is 19.0 Å². The molecule has 0 radical (unpaired) electrons. The molecule has 6 heteroatoms. The molecule has 1 heterocycles. The number of anilines is 1. The van der Waals surface area contributed by atoms with E-state index in [1.165, 1.54) is 11.6 Å². The highest BCUT2D eigenvalue weighted by molar-refractivity contribution is 6.00. The number of hydrogen-bond donors (Lipinski definition) is 1. The molecule has 0 saturated heterocycles. The zero-order valence-electron chi connectivity index (χ0n) is 20.9. The second-order valence-electron chi connectivity index (χ2n) is 8.92. The van der Waals surface area contributed by atoms with Gasteiger partial charge in [0.25, 0.3) is 5.91 Å². The standard InChI is InChI=1S/C29H35F2N3O/c1-4-5-6-10-15-24-20-25(28(35)32-21-23-16-17-26(30)27(31)19-23)29(33(2)3)34(24)18-11-14-22-12-8-7-9-13-22/h7-10,12-13,15-17,19-20H,4-6,11,14,18,21H2,1-3H3,(H,32,35)/b15-10+. The van der Waals surface area contributed by atoms with Crippen molar-refractivity contribution in [3.8, 4) is 0 Å². The van der Waals surface area contributed by atoms with Crippen LogP contribution >= 0.6 is 0 Å². The van der Waals surface area contributed by atoms with Crippen molar-refractivity contribution in [2.45, 2.75) is 52.1 Å². The van der Waals surface area contributed by atoms with Gasteiger partial charge < -0.3 is 14.8 Å². The first-order chi connectivity index (χ1) is 16.9. The average Bonchev–Trinajstić information content (AvgIpc) is 3.22. The minimum atomic E-state index is -0.921. The molecule has 0 aliphatic rings. The van der Waals surface area contributed by atoms with Gasteiger partial charge in [0.05, 0.1) is 5.56 Å². The van der Waals surface area contributed by atoms with Gasteiger partial charge >= 0.3 is 0 Å². The van der Waals surface area contributed by atoms with Crippen LogP contribution in [-0.4, -0.2) is 24.6 Å². The lowest BCUT2D eigenvalue weighted by atomic mass is 10.1. The van der Waals surface area contributed by atoms with Gasteiger partial charge in [0.1, 0.15) is 5.82 Å². The fourth-order valence-electron chi connectivity index (χ4n) is 4.12. The Balaban J connectivity index is 1.83. The molecule has 0 aliphatic carbocycles. The maximum Gasteiger partial charge on any atom is 0.255 e. The molecule has 0 spiro atoms. The van der Waals surface area contributed by atoms with Gasteiger partial charge in [0, 0.05) is 32.9 Å². The first kappa shape index (κ1) is 26.2. The van der Waals surface area contributed by atoms with E-state index in [4.69, 9.17) is 0 Å². The number of nitrogens with one attached hydrogen (secondary N) is 1. The highest BCUT2D eigenvalue weighted by Gasteiger charge is 2.21. The fraction of sp³-hybridized carbons (Fsp3) is 0.345. The number of allylic oxidation sites excluding steroid dienone is 1. The minimum absolute atomic E-state index is 0.115. The molecule has 35 heavy (non-hydrogen) atoms. The number of aromatic nitrogens is 1. The molecule has 3 rings (SSSR count). The molecule has 0 unspecified atom stereocenters. The summed E-state index contributed by atoms with van der Waals surface area (Å²) in [6.45, 7) is 3.05. The second kappa shape index (κ2) is 12.9. The predicted octanol–water partition coefficient (Wildman–Crippen LogP) is 6.60. The van der Waals surface area contributed by atoms with Crippen LogP contribution in [0.4, 0.5) is 14.6 Å². The Kier molecular flexibility index (Phi) is 9.65. The minimum Gasteiger partial charge on any atom is -0.363 e. The molecule has 1 N–H and O–H groups in total. The van der Waals surface area contributed by atoms with Crippen LogP contribution in [0.25, 0.3) is 6.08 Å². The summed E-state index contributed by atoms with van der Waals surface area (Å²) >= 11 is 0. The van der Waals surface area contributed by atoms with E-state index in [-0.39, 0.29) is 12.5 Å². The summed E-state index contributed by atoms with van der Waals surface area (Å²) in [4.78, 5) is 15.1. The lowest BCUT2D eigenvalue weighted by Crippen LogP contribution is -2.26. The zero-order valence-corrected chi connectivity index (χ0v) is 20.9. The maximum atomic E-state index is 13.6. The van der Waals surface area contributed by atoms with E-state index in [0.29, 0.717) is 11.1 Å². The topological polar surface area (TPSA) is 37.3 Å². The molecular formula is C29H35F2N3O. The first-order valence-electron chi connectivity index (χ1n) is 12.2. The number of halogens is 2. The number of hydrogen-bond acceptors (Lipinski definition) is 2. The Morgan fingerprint density at radius 3 is 2.46 bits per heavy atom. The number of unbranched alkanes of at least 4 members (excludes halogenated alkanes) is 2. The second-order valence-corrected chi connectivity index (χ2v) is 8.92. The van der Waals surface area contributed by atoms with Crippen molar-refractivity contribution in [3.05, 3.63) is 94.7 Å². The van der Waals surface area contributed by atoms with Crippen LogP contribution in [-0.2, 0) is 19.5 Å². The summed E-state index contributed by atoms with van der Waals surface area (Å²) < 4.78 is 29.0. The van der Waals surface area contributed by atoms with E-state index in [2.05, 4.69) is 41.1 Å². The van der Waals surface area contributed by atoms with Gasteiger partial charge in [-0.1, -0.05) is 62.2 Å². The summed E-state index contributed by atoms with van der Waals surface area (Å²) in [5.74, 6) is -1.24. The van der Waals surface area contributed by atoms with Crippen LogP contribution in [0.15, 0.2) is 60.7 Å². The Morgan fingerprint density at radius 2 is 1.77 bits per heavy atom. The molecule has 0 atom stereocenters. The smallest absolute Gasteiger partial charge is 0.255 e. The Hall–Kier alpha value is -3.41. The lowest BCUT2D eigenvalue weighted by Gasteiger charge is -2.20. The summed E-state index contributed by atoms with van der Waals surface area (Å²) in [6, 6.07) is 16.0. The van der Waals surface area contributed by atoms with Gasteiger partial charge in [-0.25, -0.2) is 8.78 Å². The molecule has 186 valence electrons. The highest BCUT2D eigenvalue weighted by Crippen LogP contribution is 2.27. The normalized spacial score (nSPS) is 11.2. The number of benzene rings is 2. The SMILES string of the molecule is CCCC/C=C/c1cc(C(=O)NCc2ccc(F)c(F)c2)c(N(C)C)n1CCCc1ccccc1. The molecule has 0 aliphatic heterocycles. The van der Waals surface area contributed by atoms with Crippen molar-refractivity contribution in [3.63, 3.8) is 0 Å². The van der Waals surface area contributed by atoms with Gasteiger partial charge in [-0.3, -0.25) is 4.79 Å². The van der Waals surface area contributed by atoms with E-state index in [0.717, 1.165) is 62.3 Å². The van der Waals surface area contributed by atoms with Gasteiger partial charge in [-0.05, 0) is 54.7 Å². The van der Waals surface area contributed by atoms with Gasteiger partial charge in [-0.15, -0.1) is 0 Å².